The monoisotopic (exact) mass is 246 g/mol. The predicted octanol–water partition coefficient (Wildman–Crippen LogP) is 2.73. The Morgan fingerprint density at radius 3 is 2.62 bits per heavy atom. The Kier molecular flexibility index (Phi) is 2.86. The molecule has 0 saturated heterocycles. The van der Waals surface area contributed by atoms with Gasteiger partial charge in [0.15, 0.2) is 0 Å². The van der Waals surface area contributed by atoms with Crippen LogP contribution in [0.1, 0.15) is 5.01 Å². The van der Waals surface area contributed by atoms with Crippen LogP contribution in [0.5, 0.6) is 0 Å². The molecule has 2 nitrogen and oxygen atoms in total. The van der Waals surface area contributed by atoms with Gasteiger partial charge in [0.05, 0.1) is 15.2 Å². The van der Waals surface area contributed by atoms with E-state index in [0.717, 1.165) is 10.2 Å². The van der Waals surface area contributed by atoms with Crippen LogP contribution in [0.3, 0.4) is 0 Å². The Bertz CT molecular complexity index is 459. The van der Waals surface area contributed by atoms with Crippen molar-refractivity contribution < 1.29 is 13.2 Å². The molecule has 2 aromatic rings. The van der Waals surface area contributed by atoms with Gasteiger partial charge in [-0.05, 0) is 12.1 Å². The summed E-state index contributed by atoms with van der Waals surface area (Å²) in [6.07, 6.45) is -4.62. The molecule has 0 aliphatic carbocycles. The quantitative estimate of drug-likeness (QED) is 0.884. The van der Waals surface area contributed by atoms with E-state index in [2.05, 4.69) is 4.98 Å². The Balaban J connectivity index is 2.22. The molecule has 0 fully saturated rings. The first-order chi connectivity index (χ1) is 7.47. The normalized spacial score (nSPS) is 14.2. The molecule has 1 aromatic carbocycles. The minimum absolute atomic E-state index is 0.261. The number of nitrogens with two attached hydrogens (primary N) is 1. The molecular weight excluding hydrogens is 237 g/mol. The van der Waals surface area contributed by atoms with Crippen molar-refractivity contribution in [2.45, 2.75) is 18.6 Å². The predicted molar refractivity (Wildman–Crippen MR) is 57.4 cm³/mol. The number of nitrogens with zero attached hydrogens (tertiary/aromatic N) is 1. The van der Waals surface area contributed by atoms with Gasteiger partial charge in [-0.15, -0.1) is 11.3 Å². The van der Waals surface area contributed by atoms with Crippen molar-refractivity contribution in [3.8, 4) is 0 Å². The maximum atomic E-state index is 12.2. The fourth-order valence-corrected chi connectivity index (χ4v) is 2.34. The van der Waals surface area contributed by atoms with Crippen LogP contribution in [-0.4, -0.2) is 17.2 Å². The Morgan fingerprint density at radius 1 is 1.31 bits per heavy atom. The third-order valence-corrected chi connectivity index (χ3v) is 3.21. The first-order valence-electron chi connectivity index (χ1n) is 4.63. The molecule has 2 rings (SSSR count). The molecular formula is C10H9F3N2S. The third-order valence-electron chi connectivity index (χ3n) is 2.15. The number of rotatable bonds is 2. The zero-order valence-corrected chi connectivity index (χ0v) is 8.98. The van der Waals surface area contributed by atoms with Crippen molar-refractivity contribution in [1.82, 2.24) is 4.98 Å². The summed E-state index contributed by atoms with van der Waals surface area (Å²) in [5.74, 6) is 0. The average Bonchev–Trinajstić information content (AvgIpc) is 2.58. The van der Waals surface area contributed by atoms with Crippen LogP contribution in [0.4, 0.5) is 13.2 Å². The van der Waals surface area contributed by atoms with E-state index in [0.29, 0.717) is 5.01 Å². The second kappa shape index (κ2) is 4.03. The molecule has 0 aliphatic rings. The fourth-order valence-electron chi connectivity index (χ4n) is 1.31. The summed E-state index contributed by atoms with van der Waals surface area (Å²) in [6, 6.07) is 5.39. The van der Waals surface area contributed by atoms with Gasteiger partial charge in [-0.3, -0.25) is 0 Å². The van der Waals surface area contributed by atoms with Gasteiger partial charge in [-0.1, -0.05) is 12.1 Å². The van der Waals surface area contributed by atoms with E-state index in [1.54, 1.807) is 12.1 Å². The number of hydrogen-bond donors (Lipinski definition) is 1. The lowest BCUT2D eigenvalue weighted by Gasteiger charge is -2.13. The minimum Gasteiger partial charge on any atom is -0.320 e. The van der Waals surface area contributed by atoms with Gasteiger partial charge in [0.2, 0.25) is 0 Å². The number of fused-ring (bicyclic) bond motifs is 1. The average molecular weight is 246 g/mol. The molecule has 6 heteroatoms. The van der Waals surface area contributed by atoms with E-state index in [9.17, 15) is 13.2 Å². The number of thiazole rings is 1. The number of hydrogen-bond acceptors (Lipinski definition) is 3. The van der Waals surface area contributed by atoms with Crippen LogP contribution in [0.25, 0.3) is 10.2 Å². The van der Waals surface area contributed by atoms with Gasteiger partial charge < -0.3 is 5.73 Å². The number of benzene rings is 1. The van der Waals surface area contributed by atoms with E-state index >= 15 is 0 Å². The second-order valence-electron chi connectivity index (χ2n) is 3.43. The van der Waals surface area contributed by atoms with Gasteiger partial charge in [0.25, 0.3) is 0 Å². The molecule has 0 aliphatic heterocycles. The standard InChI is InChI=1S/C10H9F3N2S/c11-10(12,13)8(14)5-9-15-6-3-1-2-4-7(6)16-9/h1-4,8H,5,14H2. The number of alkyl halides is 3. The summed E-state index contributed by atoms with van der Waals surface area (Å²) >= 11 is 1.25. The molecule has 0 amide bonds. The maximum absolute atomic E-state index is 12.2. The summed E-state index contributed by atoms with van der Waals surface area (Å²) in [6.45, 7) is 0. The minimum atomic E-state index is -4.36. The van der Waals surface area contributed by atoms with Crippen LogP contribution in [0.2, 0.25) is 0 Å². The Labute approximate surface area is 93.9 Å². The number of aromatic nitrogens is 1. The first kappa shape index (κ1) is 11.3. The maximum Gasteiger partial charge on any atom is 0.404 e. The summed E-state index contributed by atoms with van der Waals surface area (Å²) in [5.41, 5.74) is 5.77. The molecule has 0 radical (unpaired) electrons. The van der Waals surface area contributed by atoms with Gasteiger partial charge in [0.1, 0.15) is 6.04 Å². The highest BCUT2D eigenvalue weighted by atomic mass is 32.1. The molecule has 1 atom stereocenters. The molecule has 0 saturated carbocycles. The van der Waals surface area contributed by atoms with E-state index in [1.807, 2.05) is 12.1 Å². The molecule has 86 valence electrons. The molecule has 1 aromatic heterocycles. The van der Waals surface area contributed by atoms with Crippen LogP contribution in [0, 0.1) is 0 Å². The summed E-state index contributed by atoms with van der Waals surface area (Å²) in [5, 5.41) is 0.422. The summed E-state index contributed by atoms with van der Waals surface area (Å²) in [7, 11) is 0. The van der Waals surface area contributed by atoms with Crippen molar-refractivity contribution in [3.63, 3.8) is 0 Å². The fraction of sp³-hybridized carbons (Fsp3) is 0.300. The summed E-state index contributed by atoms with van der Waals surface area (Å²) < 4.78 is 37.6. The van der Waals surface area contributed by atoms with Crippen LogP contribution in [0.15, 0.2) is 24.3 Å². The van der Waals surface area contributed by atoms with Gasteiger partial charge in [-0.25, -0.2) is 4.98 Å². The molecule has 0 bridgehead atoms. The second-order valence-corrected chi connectivity index (χ2v) is 4.54. The molecule has 2 N–H and O–H groups in total. The highest BCUT2D eigenvalue weighted by molar-refractivity contribution is 7.18. The largest absolute Gasteiger partial charge is 0.404 e. The number of halogens is 3. The Hall–Kier alpha value is -1.14. The zero-order valence-electron chi connectivity index (χ0n) is 8.16. The van der Waals surface area contributed by atoms with Crippen molar-refractivity contribution in [2.24, 2.45) is 5.73 Å². The lowest BCUT2D eigenvalue weighted by molar-refractivity contribution is -0.147. The highest BCUT2D eigenvalue weighted by Crippen LogP contribution is 2.26. The van der Waals surface area contributed by atoms with E-state index in [-0.39, 0.29) is 6.42 Å². The number of para-hydroxylation sites is 1. The van der Waals surface area contributed by atoms with Gasteiger partial charge in [-0.2, -0.15) is 13.2 Å². The SMILES string of the molecule is NC(Cc1nc2ccccc2s1)C(F)(F)F. The molecule has 16 heavy (non-hydrogen) atoms. The zero-order chi connectivity index (χ0) is 11.8. The van der Waals surface area contributed by atoms with Crippen LogP contribution < -0.4 is 5.73 Å². The van der Waals surface area contributed by atoms with Gasteiger partial charge in [0, 0.05) is 6.42 Å². The first-order valence-corrected chi connectivity index (χ1v) is 5.45. The van der Waals surface area contributed by atoms with Crippen molar-refractivity contribution in [1.29, 1.82) is 0 Å². The molecule has 1 unspecified atom stereocenters. The van der Waals surface area contributed by atoms with Gasteiger partial charge >= 0.3 is 6.18 Å². The lowest BCUT2D eigenvalue weighted by Crippen LogP contribution is -2.39. The van der Waals surface area contributed by atoms with Crippen molar-refractivity contribution >= 4 is 21.6 Å². The third kappa shape index (κ3) is 2.33. The molecule has 0 spiro atoms. The van der Waals surface area contributed by atoms with Crippen LogP contribution >= 0.6 is 11.3 Å². The van der Waals surface area contributed by atoms with Crippen molar-refractivity contribution in [2.75, 3.05) is 0 Å². The Morgan fingerprint density at radius 2 is 2.00 bits per heavy atom. The van der Waals surface area contributed by atoms with E-state index in [1.165, 1.54) is 11.3 Å². The molecule has 1 heterocycles. The topological polar surface area (TPSA) is 38.9 Å². The van der Waals surface area contributed by atoms with Crippen molar-refractivity contribution in [3.05, 3.63) is 29.3 Å². The summed E-state index contributed by atoms with van der Waals surface area (Å²) in [4.78, 5) is 4.10. The van der Waals surface area contributed by atoms with E-state index in [4.69, 9.17) is 5.73 Å². The highest BCUT2D eigenvalue weighted by Gasteiger charge is 2.37. The van der Waals surface area contributed by atoms with Crippen LogP contribution in [-0.2, 0) is 6.42 Å². The van der Waals surface area contributed by atoms with E-state index < -0.39 is 12.2 Å². The smallest absolute Gasteiger partial charge is 0.320 e. The lowest BCUT2D eigenvalue weighted by atomic mass is 10.2.